The van der Waals surface area contributed by atoms with Crippen LogP contribution in [0.1, 0.15) is 37.8 Å². The molecule has 0 heterocycles. The number of hydrogen-bond donors (Lipinski definition) is 0. The Morgan fingerprint density at radius 2 is 1.76 bits per heavy atom. The zero-order valence-electron chi connectivity index (χ0n) is 10.9. The van der Waals surface area contributed by atoms with Crippen molar-refractivity contribution in [3.05, 3.63) is 32.9 Å². The van der Waals surface area contributed by atoms with E-state index in [1.54, 1.807) is 11.1 Å². The third-order valence-corrected chi connectivity index (χ3v) is 4.29. The number of nitrogens with zero attached hydrogens (tertiary/aromatic N) is 1. The molecule has 0 aromatic heterocycles. The molecular formula is C15H22IN. The fraction of sp³-hybridized carbons (Fsp3) is 0.600. The van der Waals surface area contributed by atoms with E-state index < -0.39 is 0 Å². The summed E-state index contributed by atoms with van der Waals surface area (Å²) in [7, 11) is 0. The van der Waals surface area contributed by atoms with Gasteiger partial charge in [0.25, 0.3) is 0 Å². The molecule has 2 rings (SSSR count). The molecule has 1 atom stereocenters. The van der Waals surface area contributed by atoms with E-state index in [0.717, 1.165) is 6.04 Å². The average molecular weight is 343 g/mol. The maximum Gasteiger partial charge on any atom is 0.0176 e. The van der Waals surface area contributed by atoms with Crippen molar-refractivity contribution in [2.24, 2.45) is 0 Å². The van der Waals surface area contributed by atoms with Gasteiger partial charge in [0.2, 0.25) is 0 Å². The topological polar surface area (TPSA) is 3.24 Å². The highest BCUT2D eigenvalue weighted by atomic mass is 127. The first-order valence-corrected chi connectivity index (χ1v) is 7.83. The minimum atomic E-state index is 0.753. The van der Waals surface area contributed by atoms with Gasteiger partial charge in [0, 0.05) is 9.61 Å². The van der Waals surface area contributed by atoms with E-state index in [-0.39, 0.29) is 0 Å². The molecular weight excluding hydrogens is 321 g/mol. The SMILES string of the molecule is CCCN(CCC)C1Cc2ccc(I)cc2C1. The molecule has 0 N–H and O–H groups in total. The molecule has 1 aromatic rings. The van der Waals surface area contributed by atoms with Crippen molar-refractivity contribution in [2.45, 2.75) is 45.6 Å². The third-order valence-electron chi connectivity index (χ3n) is 3.62. The van der Waals surface area contributed by atoms with Crippen LogP contribution in [0.15, 0.2) is 18.2 Å². The quantitative estimate of drug-likeness (QED) is 0.734. The van der Waals surface area contributed by atoms with E-state index in [1.807, 2.05) is 0 Å². The van der Waals surface area contributed by atoms with Crippen LogP contribution in [0.2, 0.25) is 0 Å². The Hall–Kier alpha value is -0.0900. The first-order chi connectivity index (χ1) is 8.24. The average Bonchev–Trinajstić information content (AvgIpc) is 2.71. The van der Waals surface area contributed by atoms with Gasteiger partial charge in [-0.15, -0.1) is 0 Å². The molecule has 0 spiro atoms. The van der Waals surface area contributed by atoms with E-state index in [4.69, 9.17) is 0 Å². The zero-order chi connectivity index (χ0) is 12.3. The Kier molecular flexibility index (Phi) is 4.86. The van der Waals surface area contributed by atoms with Crippen LogP contribution in [0.4, 0.5) is 0 Å². The lowest BCUT2D eigenvalue weighted by Gasteiger charge is -2.27. The minimum Gasteiger partial charge on any atom is -0.300 e. The van der Waals surface area contributed by atoms with E-state index in [2.05, 4.69) is 59.5 Å². The predicted octanol–water partition coefficient (Wildman–Crippen LogP) is 3.88. The molecule has 0 bridgehead atoms. The van der Waals surface area contributed by atoms with Gasteiger partial charge in [0.1, 0.15) is 0 Å². The molecule has 17 heavy (non-hydrogen) atoms. The summed E-state index contributed by atoms with van der Waals surface area (Å²) in [5.41, 5.74) is 3.16. The van der Waals surface area contributed by atoms with Crippen LogP contribution < -0.4 is 0 Å². The van der Waals surface area contributed by atoms with Gasteiger partial charge in [0.05, 0.1) is 0 Å². The second kappa shape index (κ2) is 6.19. The summed E-state index contributed by atoms with van der Waals surface area (Å²) in [5.74, 6) is 0. The standard InChI is InChI=1S/C15H22IN/c1-3-7-17(8-4-2)15-10-12-5-6-14(16)9-13(12)11-15/h5-6,9,15H,3-4,7-8,10-11H2,1-2H3. The fourth-order valence-electron chi connectivity index (χ4n) is 2.87. The van der Waals surface area contributed by atoms with Crippen LogP contribution >= 0.6 is 22.6 Å². The molecule has 0 radical (unpaired) electrons. The summed E-state index contributed by atoms with van der Waals surface area (Å²) in [6.45, 7) is 7.08. The highest BCUT2D eigenvalue weighted by Gasteiger charge is 2.25. The lowest BCUT2D eigenvalue weighted by atomic mass is 10.1. The lowest BCUT2D eigenvalue weighted by Crippen LogP contribution is -2.37. The molecule has 94 valence electrons. The molecule has 0 saturated carbocycles. The molecule has 2 heteroatoms. The van der Waals surface area contributed by atoms with E-state index >= 15 is 0 Å². The van der Waals surface area contributed by atoms with Crippen LogP contribution in [0, 0.1) is 3.57 Å². The highest BCUT2D eigenvalue weighted by molar-refractivity contribution is 14.1. The Morgan fingerprint density at radius 3 is 2.41 bits per heavy atom. The maximum atomic E-state index is 2.69. The van der Waals surface area contributed by atoms with E-state index in [9.17, 15) is 0 Å². The summed E-state index contributed by atoms with van der Waals surface area (Å²) >= 11 is 2.42. The first kappa shape index (κ1) is 13.3. The molecule has 0 saturated heterocycles. The molecule has 1 unspecified atom stereocenters. The number of hydrogen-bond acceptors (Lipinski definition) is 1. The number of rotatable bonds is 5. The summed E-state index contributed by atoms with van der Waals surface area (Å²) < 4.78 is 1.37. The minimum absolute atomic E-state index is 0.753. The molecule has 1 nitrogen and oxygen atoms in total. The molecule has 0 aliphatic heterocycles. The predicted molar refractivity (Wildman–Crippen MR) is 82.5 cm³/mol. The molecule has 0 fully saturated rings. The van der Waals surface area contributed by atoms with Crippen LogP contribution in [0.5, 0.6) is 0 Å². The van der Waals surface area contributed by atoms with Crippen molar-refractivity contribution < 1.29 is 0 Å². The summed E-state index contributed by atoms with van der Waals surface area (Å²) in [4.78, 5) is 2.69. The van der Waals surface area contributed by atoms with Crippen molar-refractivity contribution in [1.29, 1.82) is 0 Å². The Bertz CT molecular complexity index is 369. The smallest absolute Gasteiger partial charge is 0.0176 e. The van der Waals surface area contributed by atoms with Crippen LogP contribution in [0.3, 0.4) is 0 Å². The van der Waals surface area contributed by atoms with Crippen molar-refractivity contribution in [2.75, 3.05) is 13.1 Å². The van der Waals surface area contributed by atoms with Gasteiger partial charge in [-0.2, -0.15) is 0 Å². The monoisotopic (exact) mass is 343 g/mol. The van der Waals surface area contributed by atoms with Crippen molar-refractivity contribution >= 4 is 22.6 Å². The summed E-state index contributed by atoms with van der Waals surface area (Å²) in [6.07, 6.45) is 5.05. The lowest BCUT2D eigenvalue weighted by molar-refractivity contribution is 0.202. The highest BCUT2D eigenvalue weighted by Crippen LogP contribution is 2.27. The molecule has 1 aliphatic rings. The third kappa shape index (κ3) is 3.22. The Morgan fingerprint density at radius 1 is 1.12 bits per heavy atom. The van der Waals surface area contributed by atoms with Crippen LogP contribution in [-0.2, 0) is 12.8 Å². The fourth-order valence-corrected chi connectivity index (χ4v) is 3.43. The largest absolute Gasteiger partial charge is 0.300 e. The maximum absolute atomic E-state index is 2.69. The van der Waals surface area contributed by atoms with E-state index in [0.29, 0.717) is 0 Å². The second-order valence-corrected chi connectivity index (χ2v) is 6.26. The molecule has 1 aliphatic carbocycles. The number of benzene rings is 1. The molecule has 0 amide bonds. The second-order valence-electron chi connectivity index (χ2n) is 5.01. The first-order valence-electron chi connectivity index (χ1n) is 6.76. The Labute approximate surface area is 119 Å². The number of halogens is 1. The van der Waals surface area contributed by atoms with Crippen molar-refractivity contribution in [3.8, 4) is 0 Å². The zero-order valence-corrected chi connectivity index (χ0v) is 13.0. The van der Waals surface area contributed by atoms with E-state index in [1.165, 1.54) is 42.3 Å². The van der Waals surface area contributed by atoms with Gasteiger partial charge >= 0.3 is 0 Å². The Balaban J connectivity index is 2.07. The van der Waals surface area contributed by atoms with Crippen LogP contribution in [-0.4, -0.2) is 24.0 Å². The summed E-state index contributed by atoms with van der Waals surface area (Å²) in [6, 6.07) is 7.69. The normalized spacial score (nSPS) is 18.7. The van der Waals surface area contributed by atoms with Crippen LogP contribution in [0.25, 0.3) is 0 Å². The van der Waals surface area contributed by atoms with Crippen molar-refractivity contribution in [1.82, 2.24) is 4.90 Å². The van der Waals surface area contributed by atoms with Gasteiger partial charge in [-0.1, -0.05) is 19.9 Å². The van der Waals surface area contributed by atoms with Gasteiger partial charge in [-0.3, -0.25) is 4.90 Å². The van der Waals surface area contributed by atoms with Gasteiger partial charge < -0.3 is 0 Å². The summed E-state index contributed by atoms with van der Waals surface area (Å²) in [5, 5.41) is 0. The van der Waals surface area contributed by atoms with Gasteiger partial charge in [-0.25, -0.2) is 0 Å². The number of fused-ring (bicyclic) bond motifs is 1. The van der Waals surface area contributed by atoms with Gasteiger partial charge in [-0.05, 0) is 84.6 Å². The van der Waals surface area contributed by atoms with Gasteiger partial charge in [0.15, 0.2) is 0 Å². The molecule has 1 aromatic carbocycles. The van der Waals surface area contributed by atoms with Crippen molar-refractivity contribution in [3.63, 3.8) is 0 Å².